The van der Waals surface area contributed by atoms with Gasteiger partial charge in [0.2, 0.25) is 5.91 Å². The highest BCUT2D eigenvalue weighted by Gasteiger charge is 2.23. The molecule has 9 heteroatoms. The molecule has 0 spiro atoms. The molecular formula is C31H38F2N4O3. The number of carbonyl (C=O) groups is 2. The first-order chi connectivity index (χ1) is 19.3. The van der Waals surface area contributed by atoms with E-state index in [1.165, 1.54) is 17.7 Å². The largest absolute Gasteiger partial charge is 0.459 e. The molecule has 2 atom stereocenters. The van der Waals surface area contributed by atoms with Gasteiger partial charge in [-0.15, -0.1) is 0 Å². The van der Waals surface area contributed by atoms with Crippen LogP contribution in [0.15, 0.2) is 66.9 Å². The second kappa shape index (κ2) is 16.4. The Morgan fingerprint density at radius 3 is 2.48 bits per heavy atom. The van der Waals surface area contributed by atoms with Gasteiger partial charge in [-0.2, -0.15) is 0 Å². The predicted molar refractivity (Wildman–Crippen MR) is 150 cm³/mol. The Balaban J connectivity index is 1.49. The third-order valence-electron chi connectivity index (χ3n) is 6.44. The fourth-order valence-electron chi connectivity index (χ4n) is 4.32. The van der Waals surface area contributed by atoms with E-state index >= 15 is 0 Å². The van der Waals surface area contributed by atoms with Crippen molar-refractivity contribution in [2.24, 2.45) is 5.73 Å². The Morgan fingerprint density at radius 2 is 1.75 bits per heavy atom. The van der Waals surface area contributed by atoms with Gasteiger partial charge < -0.3 is 21.1 Å². The summed E-state index contributed by atoms with van der Waals surface area (Å²) in [5.41, 5.74) is 9.94. The van der Waals surface area contributed by atoms with Gasteiger partial charge in [-0.05, 0) is 60.2 Å². The molecule has 3 aromatic rings. The van der Waals surface area contributed by atoms with Crippen LogP contribution in [0.3, 0.4) is 0 Å². The number of aryl methyl sites for hydroxylation is 1. The molecule has 40 heavy (non-hydrogen) atoms. The number of benzene rings is 2. The second-order valence-corrected chi connectivity index (χ2v) is 9.75. The first-order valence-corrected chi connectivity index (χ1v) is 13.7. The van der Waals surface area contributed by atoms with Crippen molar-refractivity contribution in [1.82, 2.24) is 15.6 Å². The van der Waals surface area contributed by atoms with E-state index in [1.54, 1.807) is 6.20 Å². The van der Waals surface area contributed by atoms with Gasteiger partial charge in [0.05, 0.1) is 0 Å². The Morgan fingerprint density at radius 1 is 0.975 bits per heavy atom. The average Bonchev–Trinajstić information content (AvgIpc) is 2.92. The van der Waals surface area contributed by atoms with E-state index in [1.807, 2.05) is 30.3 Å². The molecule has 0 radical (unpaired) electrons. The quantitative estimate of drug-likeness (QED) is 0.232. The highest BCUT2D eigenvalue weighted by molar-refractivity contribution is 5.77. The Labute approximate surface area is 234 Å². The standard InChI is InChI=1S/C31H38F2N4O3/c1-2-22-7-5-8-23(15-22)20-35-21-29(28(34)18-24-16-25(32)19-26(33)17-24)40-31(39)11-6-10-30(38)37-14-12-27-9-3-4-13-36-27/h3-5,7-9,13,15-17,19,28-29,35H,2,6,10-12,14,18,20-21,34H2,1H3,(H,37,38)/t28-,29+/m0/s1. The number of hydrogen-bond donors (Lipinski definition) is 3. The van der Waals surface area contributed by atoms with Crippen LogP contribution in [0, 0.1) is 11.6 Å². The van der Waals surface area contributed by atoms with Gasteiger partial charge >= 0.3 is 5.97 Å². The Hall–Kier alpha value is -3.69. The van der Waals surface area contributed by atoms with Crippen molar-refractivity contribution in [1.29, 1.82) is 0 Å². The van der Waals surface area contributed by atoms with Gasteiger partial charge in [0.15, 0.2) is 0 Å². The van der Waals surface area contributed by atoms with Crippen LogP contribution in [-0.2, 0) is 40.1 Å². The van der Waals surface area contributed by atoms with Crippen molar-refractivity contribution in [2.45, 2.75) is 64.1 Å². The number of aromatic nitrogens is 1. The van der Waals surface area contributed by atoms with E-state index in [0.29, 0.717) is 31.5 Å². The molecule has 1 heterocycles. The number of rotatable bonds is 16. The molecule has 2 aromatic carbocycles. The van der Waals surface area contributed by atoms with E-state index in [2.05, 4.69) is 34.7 Å². The average molecular weight is 553 g/mol. The number of carbonyl (C=O) groups excluding carboxylic acids is 2. The Bertz CT molecular complexity index is 1210. The number of hydrogen-bond acceptors (Lipinski definition) is 6. The summed E-state index contributed by atoms with van der Waals surface area (Å²) in [5, 5.41) is 6.11. The number of esters is 1. The first kappa shape index (κ1) is 30.8. The molecule has 0 saturated carbocycles. The van der Waals surface area contributed by atoms with Gasteiger partial charge in [-0.3, -0.25) is 14.6 Å². The molecule has 3 rings (SSSR count). The van der Waals surface area contributed by atoms with Gasteiger partial charge in [0.25, 0.3) is 0 Å². The molecule has 1 aromatic heterocycles. The second-order valence-electron chi connectivity index (χ2n) is 9.75. The lowest BCUT2D eigenvalue weighted by atomic mass is 10.0. The highest BCUT2D eigenvalue weighted by Crippen LogP contribution is 2.13. The molecule has 0 aliphatic carbocycles. The predicted octanol–water partition coefficient (Wildman–Crippen LogP) is 4.02. The number of halogens is 2. The number of amides is 1. The summed E-state index contributed by atoms with van der Waals surface area (Å²) in [6.45, 7) is 3.35. The van der Waals surface area contributed by atoms with Crippen LogP contribution in [-0.4, -0.2) is 42.1 Å². The van der Waals surface area contributed by atoms with Gasteiger partial charge in [-0.1, -0.05) is 37.3 Å². The third kappa shape index (κ3) is 11.2. The summed E-state index contributed by atoms with van der Waals surface area (Å²) >= 11 is 0. The maximum atomic E-state index is 13.7. The SMILES string of the molecule is CCc1cccc(CNC[C@@H](OC(=O)CCCC(=O)NCCc2ccccn2)[C@@H](N)Cc2cc(F)cc(F)c2)c1. The number of nitrogens with zero attached hydrogens (tertiary/aromatic N) is 1. The maximum Gasteiger partial charge on any atom is 0.306 e. The van der Waals surface area contributed by atoms with Crippen molar-refractivity contribution < 1.29 is 23.1 Å². The smallest absolute Gasteiger partial charge is 0.306 e. The summed E-state index contributed by atoms with van der Waals surface area (Å²) in [5.74, 6) is -2.02. The van der Waals surface area contributed by atoms with Crippen LogP contribution >= 0.6 is 0 Å². The third-order valence-corrected chi connectivity index (χ3v) is 6.44. The monoisotopic (exact) mass is 552 g/mol. The van der Waals surface area contributed by atoms with Crippen LogP contribution < -0.4 is 16.4 Å². The molecule has 0 aliphatic heterocycles. The van der Waals surface area contributed by atoms with Crippen molar-refractivity contribution in [2.75, 3.05) is 13.1 Å². The molecule has 4 N–H and O–H groups in total. The number of nitrogens with two attached hydrogens (primary N) is 1. The lowest BCUT2D eigenvalue weighted by Gasteiger charge is -2.25. The van der Waals surface area contributed by atoms with Crippen LogP contribution in [0.4, 0.5) is 8.78 Å². The van der Waals surface area contributed by atoms with Crippen LogP contribution in [0.2, 0.25) is 0 Å². The molecule has 0 fully saturated rings. The van der Waals surface area contributed by atoms with Gasteiger partial charge in [0, 0.05) is 62.9 Å². The highest BCUT2D eigenvalue weighted by atomic mass is 19.1. The zero-order chi connectivity index (χ0) is 28.7. The summed E-state index contributed by atoms with van der Waals surface area (Å²) in [4.78, 5) is 29.0. The number of ether oxygens (including phenoxy) is 1. The Kier molecular flexibility index (Phi) is 12.7. The summed E-state index contributed by atoms with van der Waals surface area (Å²) < 4.78 is 33.1. The minimum absolute atomic E-state index is 0.0457. The van der Waals surface area contributed by atoms with Crippen molar-refractivity contribution in [3.63, 3.8) is 0 Å². The summed E-state index contributed by atoms with van der Waals surface area (Å²) in [6.07, 6.45) is 3.19. The maximum absolute atomic E-state index is 13.7. The fourth-order valence-corrected chi connectivity index (χ4v) is 4.32. The van der Waals surface area contributed by atoms with Crippen LogP contribution in [0.5, 0.6) is 0 Å². The van der Waals surface area contributed by atoms with E-state index < -0.39 is 29.7 Å². The normalized spacial score (nSPS) is 12.5. The van der Waals surface area contributed by atoms with Crippen LogP contribution in [0.25, 0.3) is 0 Å². The number of nitrogens with one attached hydrogen (secondary N) is 2. The molecule has 0 aliphatic rings. The van der Waals surface area contributed by atoms with E-state index in [9.17, 15) is 18.4 Å². The minimum atomic E-state index is -0.736. The molecule has 0 saturated heterocycles. The lowest BCUT2D eigenvalue weighted by molar-refractivity contribution is -0.150. The molecular weight excluding hydrogens is 514 g/mol. The fraction of sp³-hybridized carbons (Fsp3) is 0.387. The molecule has 0 unspecified atom stereocenters. The minimum Gasteiger partial charge on any atom is -0.459 e. The van der Waals surface area contributed by atoms with E-state index in [4.69, 9.17) is 10.5 Å². The zero-order valence-corrected chi connectivity index (χ0v) is 22.9. The number of pyridine rings is 1. The zero-order valence-electron chi connectivity index (χ0n) is 22.9. The van der Waals surface area contributed by atoms with Crippen molar-refractivity contribution in [3.05, 3.63) is 101 Å². The van der Waals surface area contributed by atoms with Crippen LogP contribution in [0.1, 0.15) is 48.6 Å². The van der Waals surface area contributed by atoms with E-state index in [0.717, 1.165) is 23.7 Å². The van der Waals surface area contributed by atoms with Crippen molar-refractivity contribution in [3.8, 4) is 0 Å². The topological polar surface area (TPSA) is 106 Å². The van der Waals surface area contributed by atoms with E-state index in [-0.39, 0.29) is 31.7 Å². The molecule has 1 amide bonds. The first-order valence-electron chi connectivity index (χ1n) is 13.7. The summed E-state index contributed by atoms with van der Waals surface area (Å²) in [6, 6.07) is 16.3. The van der Waals surface area contributed by atoms with Crippen molar-refractivity contribution >= 4 is 11.9 Å². The molecule has 214 valence electrons. The van der Waals surface area contributed by atoms with Gasteiger partial charge in [-0.25, -0.2) is 8.78 Å². The molecule has 0 bridgehead atoms. The summed E-state index contributed by atoms with van der Waals surface area (Å²) in [7, 11) is 0. The lowest BCUT2D eigenvalue weighted by Crippen LogP contribution is -2.46. The molecule has 7 nitrogen and oxygen atoms in total. The van der Waals surface area contributed by atoms with Gasteiger partial charge in [0.1, 0.15) is 17.7 Å².